The zero-order valence-corrected chi connectivity index (χ0v) is 11.5. The van der Waals surface area contributed by atoms with E-state index in [0.29, 0.717) is 6.04 Å². The van der Waals surface area contributed by atoms with Crippen molar-refractivity contribution < 1.29 is 0 Å². The van der Waals surface area contributed by atoms with E-state index in [-0.39, 0.29) is 0 Å². The first-order valence-electron chi connectivity index (χ1n) is 6.41. The molecule has 0 aliphatic rings. The van der Waals surface area contributed by atoms with Gasteiger partial charge in [0.25, 0.3) is 0 Å². The average Bonchev–Trinajstić information content (AvgIpc) is 2.93. The Kier molecular flexibility index (Phi) is 3.69. The molecule has 0 aliphatic carbocycles. The van der Waals surface area contributed by atoms with E-state index in [1.165, 1.54) is 11.1 Å². The summed E-state index contributed by atoms with van der Waals surface area (Å²) in [5, 5.41) is 12.1. The van der Waals surface area contributed by atoms with E-state index < -0.39 is 0 Å². The Morgan fingerprint density at radius 2 is 2.11 bits per heavy atom. The molecule has 0 amide bonds. The van der Waals surface area contributed by atoms with Crippen LogP contribution in [0.3, 0.4) is 0 Å². The number of rotatable bonds is 5. The summed E-state index contributed by atoms with van der Waals surface area (Å²) in [4.78, 5) is 0. The van der Waals surface area contributed by atoms with Gasteiger partial charge < -0.3 is 5.32 Å². The fourth-order valence-corrected chi connectivity index (χ4v) is 1.78. The van der Waals surface area contributed by atoms with E-state index in [1.807, 2.05) is 15.6 Å². The van der Waals surface area contributed by atoms with Crippen molar-refractivity contribution in [2.75, 3.05) is 5.32 Å². The maximum Gasteiger partial charge on any atom is 0.151 e. The van der Waals surface area contributed by atoms with E-state index >= 15 is 0 Å². The number of nitrogens with zero attached hydrogens (tertiary/aromatic N) is 4. The van der Waals surface area contributed by atoms with Gasteiger partial charge in [0.15, 0.2) is 5.82 Å². The standard InChI is InChI=1S/C13H21N5/c1-5-17-9-12(7-15-17)6-14-13-11(4)8-18(16-13)10(2)3/h7-10H,5-6H2,1-4H3,(H,14,16). The molecule has 0 radical (unpaired) electrons. The number of anilines is 1. The Morgan fingerprint density at radius 3 is 2.67 bits per heavy atom. The smallest absolute Gasteiger partial charge is 0.151 e. The first-order valence-corrected chi connectivity index (χ1v) is 6.41. The first-order chi connectivity index (χ1) is 8.60. The van der Waals surface area contributed by atoms with E-state index in [4.69, 9.17) is 0 Å². The molecule has 0 aliphatic heterocycles. The normalized spacial score (nSPS) is 11.2. The average molecular weight is 247 g/mol. The van der Waals surface area contributed by atoms with Crippen LogP contribution in [0.5, 0.6) is 0 Å². The van der Waals surface area contributed by atoms with Crippen molar-refractivity contribution in [1.82, 2.24) is 19.6 Å². The summed E-state index contributed by atoms with van der Waals surface area (Å²) in [6, 6.07) is 0.391. The van der Waals surface area contributed by atoms with Crippen molar-refractivity contribution in [2.24, 2.45) is 0 Å². The van der Waals surface area contributed by atoms with Crippen LogP contribution in [-0.2, 0) is 13.1 Å². The van der Waals surface area contributed by atoms with Crippen molar-refractivity contribution in [1.29, 1.82) is 0 Å². The zero-order valence-electron chi connectivity index (χ0n) is 11.5. The van der Waals surface area contributed by atoms with Gasteiger partial charge in [0, 0.05) is 42.7 Å². The molecule has 1 N–H and O–H groups in total. The molecule has 0 saturated heterocycles. The third-order valence-electron chi connectivity index (χ3n) is 2.91. The Hall–Kier alpha value is -1.78. The van der Waals surface area contributed by atoms with Crippen molar-refractivity contribution >= 4 is 5.82 Å². The van der Waals surface area contributed by atoms with Crippen LogP contribution in [0.25, 0.3) is 0 Å². The monoisotopic (exact) mass is 247 g/mol. The first kappa shape index (κ1) is 12.7. The fraction of sp³-hybridized carbons (Fsp3) is 0.538. The molecule has 98 valence electrons. The summed E-state index contributed by atoms with van der Waals surface area (Å²) in [5.41, 5.74) is 2.35. The predicted molar refractivity (Wildman–Crippen MR) is 72.6 cm³/mol. The highest BCUT2D eigenvalue weighted by molar-refractivity contribution is 5.42. The lowest BCUT2D eigenvalue weighted by Crippen LogP contribution is -2.04. The van der Waals surface area contributed by atoms with Crippen LogP contribution in [0.4, 0.5) is 5.82 Å². The molecule has 0 bridgehead atoms. The fourth-order valence-electron chi connectivity index (χ4n) is 1.78. The van der Waals surface area contributed by atoms with E-state index in [0.717, 1.165) is 18.9 Å². The summed E-state index contributed by atoms with van der Waals surface area (Å²) >= 11 is 0. The van der Waals surface area contributed by atoms with Gasteiger partial charge in [-0.1, -0.05) is 0 Å². The Bertz CT molecular complexity index is 509. The van der Waals surface area contributed by atoms with Gasteiger partial charge in [-0.2, -0.15) is 10.2 Å². The maximum absolute atomic E-state index is 4.53. The number of aryl methyl sites for hydroxylation is 2. The summed E-state index contributed by atoms with van der Waals surface area (Å²) < 4.78 is 3.91. The number of aromatic nitrogens is 4. The minimum atomic E-state index is 0.391. The molecule has 0 unspecified atom stereocenters. The maximum atomic E-state index is 4.53. The molecular weight excluding hydrogens is 226 g/mol. The number of nitrogens with one attached hydrogen (secondary N) is 1. The van der Waals surface area contributed by atoms with E-state index in [2.05, 4.69) is 55.6 Å². The van der Waals surface area contributed by atoms with Gasteiger partial charge in [0.2, 0.25) is 0 Å². The SMILES string of the molecule is CCn1cc(CNc2nn(C(C)C)cc2C)cn1. The second-order valence-corrected chi connectivity index (χ2v) is 4.79. The summed E-state index contributed by atoms with van der Waals surface area (Å²) in [6.45, 7) is 10.1. The van der Waals surface area contributed by atoms with Crippen LogP contribution < -0.4 is 5.32 Å². The molecule has 0 saturated carbocycles. The quantitative estimate of drug-likeness (QED) is 0.883. The largest absolute Gasteiger partial charge is 0.364 e. The van der Waals surface area contributed by atoms with Crippen molar-refractivity contribution in [3.8, 4) is 0 Å². The minimum absolute atomic E-state index is 0.391. The molecule has 5 heteroatoms. The highest BCUT2D eigenvalue weighted by Gasteiger charge is 2.07. The second-order valence-electron chi connectivity index (χ2n) is 4.79. The van der Waals surface area contributed by atoms with Crippen LogP contribution >= 0.6 is 0 Å². The van der Waals surface area contributed by atoms with Gasteiger partial charge in [-0.3, -0.25) is 9.36 Å². The Balaban J connectivity index is 2.01. The Labute approximate surface area is 108 Å². The van der Waals surface area contributed by atoms with Gasteiger partial charge in [-0.25, -0.2) is 0 Å². The molecule has 0 spiro atoms. The molecule has 2 rings (SSSR count). The van der Waals surface area contributed by atoms with Crippen LogP contribution in [0.2, 0.25) is 0 Å². The lowest BCUT2D eigenvalue weighted by molar-refractivity contribution is 0.533. The predicted octanol–water partition coefficient (Wildman–Crippen LogP) is 2.60. The molecule has 0 fully saturated rings. The van der Waals surface area contributed by atoms with Crippen molar-refractivity contribution in [3.05, 3.63) is 29.7 Å². The van der Waals surface area contributed by atoms with Crippen molar-refractivity contribution in [2.45, 2.75) is 46.8 Å². The lowest BCUT2D eigenvalue weighted by atomic mass is 10.3. The van der Waals surface area contributed by atoms with E-state index in [1.54, 1.807) is 0 Å². The molecule has 5 nitrogen and oxygen atoms in total. The zero-order chi connectivity index (χ0) is 13.1. The van der Waals surface area contributed by atoms with Gasteiger partial charge >= 0.3 is 0 Å². The summed E-state index contributed by atoms with van der Waals surface area (Å²) in [7, 11) is 0. The molecule has 2 aromatic rings. The highest BCUT2D eigenvalue weighted by Crippen LogP contribution is 2.15. The van der Waals surface area contributed by atoms with Gasteiger partial charge in [0.1, 0.15) is 0 Å². The molecule has 18 heavy (non-hydrogen) atoms. The van der Waals surface area contributed by atoms with Gasteiger partial charge in [-0.05, 0) is 27.7 Å². The molecule has 2 aromatic heterocycles. The number of hydrogen-bond donors (Lipinski definition) is 1. The van der Waals surface area contributed by atoms with Crippen molar-refractivity contribution in [3.63, 3.8) is 0 Å². The number of hydrogen-bond acceptors (Lipinski definition) is 3. The third kappa shape index (κ3) is 2.72. The van der Waals surface area contributed by atoms with Crippen LogP contribution in [0.15, 0.2) is 18.6 Å². The summed E-state index contributed by atoms with van der Waals surface area (Å²) in [5.74, 6) is 0.952. The van der Waals surface area contributed by atoms with Gasteiger partial charge in [-0.15, -0.1) is 0 Å². The Morgan fingerprint density at radius 1 is 1.33 bits per heavy atom. The van der Waals surface area contributed by atoms with Crippen LogP contribution in [0.1, 0.15) is 37.9 Å². The minimum Gasteiger partial charge on any atom is -0.364 e. The lowest BCUT2D eigenvalue weighted by Gasteiger charge is -2.04. The van der Waals surface area contributed by atoms with Crippen LogP contribution in [0, 0.1) is 6.92 Å². The molecular formula is C13H21N5. The second kappa shape index (κ2) is 5.25. The molecule has 2 heterocycles. The molecule has 0 aromatic carbocycles. The third-order valence-corrected chi connectivity index (χ3v) is 2.91. The summed E-state index contributed by atoms with van der Waals surface area (Å²) in [6.07, 6.45) is 6.02. The highest BCUT2D eigenvalue weighted by atomic mass is 15.3. The topological polar surface area (TPSA) is 47.7 Å². The van der Waals surface area contributed by atoms with E-state index in [9.17, 15) is 0 Å². The molecule has 0 atom stereocenters. The van der Waals surface area contributed by atoms with Gasteiger partial charge in [0.05, 0.1) is 6.20 Å². The van der Waals surface area contributed by atoms with Crippen LogP contribution in [-0.4, -0.2) is 19.6 Å².